The topological polar surface area (TPSA) is 87.3 Å². The fraction of sp³-hybridized carbons (Fsp3) is 0.208. The van der Waals surface area contributed by atoms with Crippen LogP contribution in [-0.4, -0.2) is 14.4 Å². The van der Waals surface area contributed by atoms with Gasteiger partial charge in [0.05, 0.1) is 22.4 Å². The van der Waals surface area contributed by atoms with Gasteiger partial charge in [-0.1, -0.05) is 24.3 Å². The zero-order valence-electron chi connectivity index (χ0n) is 18.2. The van der Waals surface area contributed by atoms with Gasteiger partial charge in [0.1, 0.15) is 17.5 Å². The lowest BCUT2D eigenvalue weighted by Crippen LogP contribution is -2.32. The van der Waals surface area contributed by atoms with E-state index in [1.54, 1.807) is 6.07 Å². The molecule has 0 fully saturated rings. The lowest BCUT2D eigenvalue weighted by molar-refractivity contribution is 0.249. The zero-order valence-corrected chi connectivity index (χ0v) is 19.0. The van der Waals surface area contributed by atoms with E-state index in [1.807, 2.05) is 12.1 Å². The molecule has 3 N–H and O–H groups in total. The lowest BCUT2D eigenvalue weighted by atomic mass is 10.1. The first-order chi connectivity index (χ1) is 16.1. The Morgan fingerprint density at radius 2 is 1.68 bits per heavy atom. The highest BCUT2D eigenvalue weighted by Crippen LogP contribution is 2.25. The highest BCUT2D eigenvalue weighted by molar-refractivity contribution is 7.90. The fourth-order valence-electron chi connectivity index (χ4n) is 3.88. The summed E-state index contributed by atoms with van der Waals surface area (Å²) in [6, 6.07) is 9.98. The number of halogens is 3. The first-order valence-corrected chi connectivity index (χ1v) is 12.1. The molecule has 1 aliphatic heterocycles. The summed E-state index contributed by atoms with van der Waals surface area (Å²) in [5, 5.41) is 7.76. The summed E-state index contributed by atoms with van der Waals surface area (Å²) in [7, 11) is -3.84. The van der Waals surface area contributed by atoms with E-state index in [2.05, 4.69) is 16.0 Å². The van der Waals surface area contributed by atoms with Gasteiger partial charge in [-0.2, -0.15) is 0 Å². The average molecular weight is 490 g/mol. The van der Waals surface area contributed by atoms with Crippen molar-refractivity contribution in [3.05, 3.63) is 94.3 Å². The summed E-state index contributed by atoms with van der Waals surface area (Å²) in [6.07, 6.45) is 0. The zero-order chi connectivity index (χ0) is 24.5. The molecule has 3 aromatic carbocycles. The second-order valence-electron chi connectivity index (χ2n) is 8.06. The third-order valence-corrected chi connectivity index (χ3v) is 7.27. The number of urea groups is 1. The number of anilines is 1. The molecular formula is C24H22F3N3O3S. The van der Waals surface area contributed by atoms with Gasteiger partial charge in [-0.15, -0.1) is 0 Å². The van der Waals surface area contributed by atoms with Gasteiger partial charge in [-0.3, -0.25) is 0 Å². The molecule has 1 heterocycles. The molecule has 34 heavy (non-hydrogen) atoms. The van der Waals surface area contributed by atoms with E-state index < -0.39 is 39.4 Å². The van der Waals surface area contributed by atoms with Gasteiger partial charge in [-0.05, 0) is 53.9 Å². The third-order valence-electron chi connectivity index (χ3n) is 5.59. The number of benzene rings is 3. The lowest BCUT2D eigenvalue weighted by Gasteiger charge is -2.17. The van der Waals surface area contributed by atoms with E-state index in [0.717, 1.165) is 41.9 Å². The summed E-state index contributed by atoms with van der Waals surface area (Å²) in [6.45, 7) is 2.79. The van der Waals surface area contributed by atoms with Gasteiger partial charge in [-0.25, -0.2) is 26.4 Å². The molecule has 6 nitrogen and oxygen atoms in total. The van der Waals surface area contributed by atoms with Crippen LogP contribution in [0.5, 0.6) is 0 Å². The summed E-state index contributed by atoms with van der Waals surface area (Å²) in [4.78, 5) is 12.0. The highest BCUT2D eigenvalue weighted by atomic mass is 32.2. The van der Waals surface area contributed by atoms with Crippen LogP contribution < -0.4 is 16.0 Å². The standard InChI is InChI=1S/C24H22F3N3O3S/c1-14(23-19(25)3-2-4-20(23)26)29-24(31)30-22-8-7-18(10-21(22)27)34(32,33)13-15-5-6-16-11-28-12-17(16)9-15/h2-10,14,28H,11-13H2,1H3,(H2,29,30,31). The number of carbonyl (C=O) groups is 1. The molecule has 1 atom stereocenters. The van der Waals surface area contributed by atoms with Crippen molar-refractivity contribution in [2.75, 3.05) is 5.32 Å². The van der Waals surface area contributed by atoms with Crippen molar-refractivity contribution < 1.29 is 26.4 Å². The molecule has 0 aliphatic carbocycles. The van der Waals surface area contributed by atoms with Crippen LogP contribution in [0.1, 0.15) is 35.2 Å². The largest absolute Gasteiger partial charge is 0.331 e. The number of nitrogens with one attached hydrogen (secondary N) is 3. The Morgan fingerprint density at radius 1 is 0.971 bits per heavy atom. The van der Waals surface area contributed by atoms with E-state index >= 15 is 0 Å². The van der Waals surface area contributed by atoms with Crippen LogP contribution in [0.4, 0.5) is 23.7 Å². The number of carbonyl (C=O) groups excluding carboxylic acids is 1. The minimum absolute atomic E-state index is 0.226. The molecule has 0 spiro atoms. The van der Waals surface area contributed by atoms with Crippen molar-refractivity contribution in [2.24, 2.45) is 0 Å². The quantitative estimate of drug-likeness (QED) is 0.474. The molecule has 0 aromatic heterocycles. The molecule has 2 amide bonds. The number of rotatable bonds is 6. The molecule has 0 saturated carbocycles. The van der Waals surface area contributed by atoms with E-state index in [1.165, 1.54) is 19.1 Å². The number of fused-ring (bicyclic) bond motifs is 1. The van der Waals surface area contributed by atoms with Gasteiger partial charge in [0, 0.05) is 18.7 Å². The molecule has 1 aliphatic rings. The Balaban J connectivity index is 1.44. The normalized spacial score (nSPS) is 13.9. The van der Waals surface area contributed by atoms with Crippen LogP contribution >= 0.6 is 0 Å². The van der Waals surface area contributed by atoms with Crippen LogP contribution in [-0.2, 0) is 28.7 Å². The molecule has 0 bridgehead atoms. The first kappa shape index (κ1) is 23.8. The molecule has 4 rings (SSSR count). The van der Waals surface area contributed by atoms with E-state index in [4.69, 9.17) is 0 Å². The predicted octanol–water partition coefficient (Wildman–Crippen LogP) is 4.56. The van der Waals surface area contributed by atoms with Gasteiger partial charge < -0.3 is 16.0 Å². The molecule has 3 aromatic rings. The average Bonchev–Trinajstić information content (AvgIpc) is 3.22. The number of sulfone groups is 1. The maximum absolute atomic E-state index is 14.6. The molecule has 10 heteroatoms. The molecule has 178 valence electrons. The Bertz CT molecular complexity index is 1340. The molecular weight excluding hydrogens is 467 g/mol. The summed E-state index contributed by atoms with van der Waals surface area (Å²) in [5.41, 5.74) is 2.14. The fourth-order valence-corrected chi connectivity index (χ4v) is 5.23. The van der Waals surface area contributed by atoms with Crippen molar-refractivity contribution >= 4 is 21.6 Å². The monoisotopic (exact) mass is 489 g/mol. The number of amides is 2. The van der Waals surface area contributed by atoms with Crippen LogP contribution in [0.15, 0.2) is 59.5 Å². The molecule has 0 saturated heterocycles. The number of hydrogen-bond donors (Lipinski definition) is 3. The van der Waals surface area contributed by atoms with E-state index in [9.17, 15) is 26.4 Å². The third kappa shape index (κ3) is 5.07. The minimum Gasteiger partial charge on any atom is -0.331 e. The molecule has 0 radical (unpaired) electrons. The first-order valence-electron chi connectivity index (χ1n) is 10.5. The van der Waals surface area contributed by atoms with Gasteiger partial charge >= 0.3 is 6.03 Å². The Kier molecular flexibility index (Phi) is 6.63. The number of hydrogen-bond acceptors (Lipinski definition) is 4. The minimum atomic E-state index is -3.84. The van der Waals surface area contributed by atoms with Crippen LogP contribution in [0.3, 0.4) is 0 Å². The Morgan fingerprint density at radius 3 is 2.38 bits per heavy atom. The van der Waals surface area contributed by atoms with Crippen LogP contribution in [0.25, 0.3) is 0 Å². The second kappa shape index (κ2) is 9.47. The van der Waals surface area contributed by atoms with Crippen LogP contribution in [0, 0.1) is 17.5 Å². The van der Waals surface area contributed by atoms with Crippen molar-refractivity contribution in [3.8, 4) is 0 Å². The van der Waals surface area contributed by atoms with Crippen molar-refractivity contribution in [1.29, 1.82) is 0 Å². The smallest absolute Gasteiger partial charge is 0.319 e. The van der Waals surface area contributed by atoms with E-state index in [0.29, 0.717) is 12.1 Å². The SMILES string of the molecule is CC(NC(=O)Nc1ccc(S(=O)(=O)Cc2ccc3c(c2)CNC3)cc1F)c1c(F)cccc1F. The Labute approximate surface area is 195 Å². The second-order valence-corrected chi connectivity index (χ2v) is 10.1. The summed E-state index contributed by atoms with van der Waals surface area (Å²) >= 11 is 0. The maximum atomic E-state index is 14.6. The molecule has 1 unspecified atom stereocenters. The van der Waals surface area contributed by atoms with Crippen molar-refractivity contribution in [1.82, 2.24) is 10.6 Å². The van der Waals surface area contributed by atoms with Gasteiger partial charge in [0.25, 0.3) is 0 Å². The van der Waals surface area contributed by atoms with E-state index in [-0.39, 0.29) is 21.9 Å². The maximum Gasteiger partial charge on any atom is 0.319 e. The summed E-state index contributed by atoms with van der Waals surface area (Å²) in [5.74, 6) is -2.90. The predicted molar refractivity (Wildman–Crippen MR) is 121 cm³/mol. The van der Waals surface area contributed by atoms with Crippen LogP contribution in [0.2, 0.25) is 0 Å². The van der Waals surface area contributed by atoms with Crippen molar-refractivity contribution in [3.63, 3.8) is 0 Å². The van der Waals surface area contributed by atoms with Gasteiger partial charge in [0.15, 0.2) is 9.84 Å². The summed E-state index contributed by atoms with van der Waals surface area (Å²) < 4.78 is 68.0. The highest BCUT2D eigenvalue weighted by Gasteiger charge is 2.21. The van der Waals surface area contributed by atoms with Crippen molar-refractivity contribution in [2.45, 2.75) is 36.7 Å². The Hall–Kier alpha value is -3.37. The van der Waals surface area contributed by atoms with Gasteiger partial charge in [0.2, 0.25) is 0 Å².